The van der Waals surface area contributed by atoms with Crippen LogP contribution in [0.3, 0.4) is 0 Å². The Balaban J connectivity index is 1.89. The van der Waals surface area contributed by atoms with E-state index in [1.54, 1.807) is 19.1 Å². The number of aromatic nitrogens is 2. The molecule has 0 unspecified atom stereocenters. The Bertz CT molecular complexity index is 1600. The van der Waals surface area contributed by atoms with E-state index in [1.807, 2.05) is 37.3 Å². The number of anilines is 2. The fourth-order valence-corrected chi connectivity index (χ4v) is 4.06. The van der Waals surface area contributed by atoms with E-state index in [4.69, 9.17) is 10.2 Å². The maximum absolute atomic E-state index is 13.6. The lowest BCUT2D eigenvalue weighted by Crippen LogP contribution is -2.39. The molecule has 0 aliphatic rings. The van der Waals surface area contributed by atoms with E-state index >= 15 is 0 Å². The first-order chi connectivity index (χ1) is 16.8. The average Bonchev–Trinajstić information content (AvgIpc) is 2.85. The summed E-state index contributed by atoms with van der Waals surface area (Å²) in [5.41, 5.74) is 5.66. The topological polar surface area (TPSA) is 131 Å². The minimum Gasteiger partial charge on any atom is -0.455 e. The molecule has 0 saturated carbocycles. The third-order valence-corrected chi connectivity index (χ3v) is 6.00. The lowest BCUT2D eigenvalue weighted by Gasteiger charge is -2.21. The van der Waals surface area contributed by atoms with Gasteiger partial charge in [-0.3, -0.25) is 23.9 Å². The highest BCUT2D eigenvalue weighted by Gasteiger charge is 2.25. The number of nitrogens with two attached hydrogens (primary N) is 1. The molecular weight excluding hydrogens is 448 g/mol. The normalized spacial score (nSPS) is 11.1. The Morgan fingerprint density at radius 3 is 2.49 bits per heavy atom. The number of nitrogens with zero attached hydrogens (tertiary/aromatic N) is 2. The highest BCUT2D eigenvalue weighted by molar-refractivity contribution is 6.13. The number of rotatable bonds is 6. The molecule has 0 aliphatic carbocycles. The van der Waals surface area contributed by atoms with E-state index in [0.29, 0.717) is 29.9 Å². The van der Waals surface area contributed by atoms with Crippen molar-refractivity contribution in [3.63, 3.8) is 0 Å². The molecule has 1 amide bonds. The number of H-pyrrole nitrogens is 1. The molecule has 9 heteroatoms. The smallest absolute Gasteiger partial charge is 0.330 e. The molecular formula is C26H26N4O5. The van der Waals surface area contributed by atoms with Crippen molar-refractivity contribution >= 4 is 28.4 Å². The van der Waals surface area contributed by atoms with Gasteiger partial charge >= 0.3 is 5.69 Å². The van der Waals surface area contributed by atoms with Crippen molar-refractivity contribution in [1.82, 2.24) is 9.55 Å². The van der Waals surface area contributed by atoms with Crippen LogP contribution in [0.5, 0.6) is 0 Å². The molecule has 0 spiro atoms. The van der Waals surface area contributed by atoms with Gasteiger partial charge in [0, 0.05) is 24.7 Å². The zero-order chi connectivity index (χ0) is 25.3. The quantitative estimate of drug-likeness (QED) is 0.441. The number of hydrogen-bond acceptors (Lipinski definition) is 6. The average molecular weight is 475 g/mol. The summed E-state index contributed by atoms with van der Waals surface area (Å²) in [7, 11) is 1.39. The van der Waals surface area contributed by atoms with E-state index in [1.165, 1.54) is 17.7 Å². The standard InChI is InChI=1S/C26H26N4O5/c1-4-5-14-30-23(27)19(24(32)28-26(30)34)29(3)25(33)18-13-9-12-17-20(31)15(2)21(35-22(17)18)16-10-7-6-8-11-16/h6-13H,4-5,14,27H2,1-3H3,(H,28,32,34). The molecule has 0 aliphatic heterocycles. The van der Waals surface area contributed by atoms with E-state index < -0.39 is 17.2 Å². The fourth-order valence-electron chi connectivity index (χ4n) is 4.06. The predicted octanol–water partition coefficient (Wildman–Crippen LogP) is 3.28. The van der Waals surface area contributed by atoms with Gasteiger partial charge in [0.2, 0.25) is 0 Å². The number of carbonyl (C=O) groups excluding carboxylic acids is 1. The molecule has 0 fully saturated rings. The molecule has 2 heterocycles. The summed E-state index contributed by atoms with van der Waals surface area (Å²) in [6.45, 7) is 3.94. The number of amides is 1. The second-order valence-electron chi connectivity index (χ2n) is 8.30. The van der Waals surface area contributed by atoms with Gasteiger partial charge in [0.25, 0.3) is 11.5 Å². The Morgan fingerprint density at radius 1 is 1.09 bits per heavy atom. The van der Waals surface area contributed by atoms with E-state index in [2.05, 4.69) is 4.98 Å². The van der Waals surface area contributed by atoms with Crippen molar-refractivity contribution in [2.45, 2.75) is 33.2 Å². The first-order valence-corrected chi connectivity index (χ1v) is 11.3. The summed E-state index contributed by atoms with van der Waals surface area (Å²) in [5, 5.41) is 0.247. The Labute approximate surface area is 200 Å². The van der Waals surface area contributed by atoms with Gasteiger partial charge in [0.15, 0.2) is 16.7 Å². The summed E-state index contributed by atoms with van der Waals surface area (Å²) < 4.78 is 7.37. The van der Waals surface area contributed by atoms with E-state index in [-0.39, 0.29) is 33.5 Å². The maximum atomic E-state index is 13.6. The van der Waals surface area contributed by atoms with Crippen molar-refractivity contribution in [1.29, 1.82) is 0 Å². The molecule has 9 nitrogen and oxygen atoms in total. The number of hydrogen-bond donors (Lipinski definition) is 2. The zero-order valence-electron chi connectivity index (χ0n) is 19.8. The Hall–Kier alpha value is -4.40. The molecule has 0 atom stereocenters. The summed E-state index contributed by atoms with van der Waals surface area (Å²) in [5.74, 6) is -0.360. The molecule has 0 radical (unpaired) electrons. The molecule has 0 saturated heterocycles. The first kappa shape index (κ1) is 23.7. The van der Waals surface area contributed by atoms with Crippen LogP contribution >= 0.6 is 0 Å². The SMILES string of the molecule is CCCCn1c(N)c(N(C)C(=O)c2cccc3c(=O)c(C)c(-c4ccccc4)oc23)c(=O)[nH]c1=O. The lowest BCUT2D eigenvalue weighted by atomic mass is 10.0. The minimum absolute atomic E-state index is 0.0874. The van der Waals surface area contributed by atoms with Crippen molar-refractivity contribution in [2.75, 3.05) is 17.7 Å². The number of nitrogens with one attached hydrogen (secondary N) is 1. The number of nitrogen functional groups attached to an aromatic ring is 1. The van der Waals surface area contributed by atoms with Gasteiger partial charge in [-0.25, -0.2) is 4.79 Å². The van der Waals surface area contributed by atoms with Crippen LogP contribution in [0.25, 0.3) is 22.3 Å². The van der Waals surface area contributed by atoms with Crippen LogP contribution in [-0.4, -0.2) is 22.5 Å². The second kappa shape index (κ2) is 9.46. The number of carbonyl (C=O) groups is 1. The van der Waals surface area contributed by atoms with Crippen molar-refractivity contribution in [2.24, 2.45) is 0 Å². The number of aromatic amines is 1. The van der Waals surface area contributed by atoms with Gasteiger partial charge in [-0.15, -0.1) is 0 Å². The zero-order valence-corrected chi connectivity index (χ0v) is 19.8. The van der Waals surface area contributed by atoms with E-state index in [0.717, 1.165) is 11.3 Å². The molecule has 0 bridgehead atoms. The molecule has 4 rings (SSSR count). The van der Waals surface area contributed by atoms with Crippen LogP contribution < -0.4 is 27.3 Å². The van der Waals surface area contributed by atoms with Gasteiger partial charge in [-0.1, -0.05) is 49.7 Å². The van der Waals surface area contributed by atoms with E-state index in [9.17, 15) is 19.2 Å². The molecule has 2 aromatic carbocycles. The summed E-state index contributed by atoms with van der Waals surface area (Å²) in [6.07, 6.45) is 1.48. The molecule has 35 heavy (non-hydrogen) atoms. The summed E-state index contributed by atoms with van der Waals surface area (Å²) >= 11 is 0. The summed E-state index contributed by atoms with van der Waals surface area (Å²) in [6, 6.07) is 13.8. The number of para-hydroxylation sites is 1. The van der Waals surface area contributed by atoms with Gasteiger partial charge < -0.3 is 15.1 Å². The Kier molecular flexibility index (Phi) is 6.42. The van der Waals surface area contributed by atoms with Crippen LogP contribution in [0, 0.1) is 6.92 Å². The van der Waals surface area contributed by atoms with Crippen molar-refractivity contribution in [3.8, 4) is 11.3 Å². The number of benzene rings is 2. The third-order valence-electron chi connectivity index (χ3n) is 6.00. The van der Waals surface area contributed by atoms with Crippen molar-refractivity contribution in [3.05, 3.63) is 90.7 Å². The van der Waals surface area contributed by atoms with Gasteiger partial charge in [-0.2, -0.15) is 0 Å². The lowest BCUT2D eigenvalue weighted by molar-refractivity contribution is 0.0993. The monoisotopic (exact) mass is 474 g/mol. The second-order valence-corrected chi connectivity index (χ2v) is 8.30. The fraction of sp³-hybridized carbons (Fsp3) is 0.231. The minimum atomic E-state index is -0.779. The van der Waals surface area contributed by atoms with Crippen LogP contribution in [0.2, 0.25) is 0 Å². The van der Waals surface area contributed by atoms with Crippen LogP contribution in [0.15, 0.2) is 67.3 Å². The molecule has 4 aromatic rings. The maximum Gasteiger partial charge on any atom is 0.330 e. The molecule has 180 valence electrons. The van der Waals surface area contributed by atoms with Gasteiger partial charge in [0.05, 0.1) is 10.9 Å². The highest BCUT2D eigenvalue weighted by Crippen LogP contribution is 2.28. The summed E-state index contributed by atoms with van der Waals surface area (Å²) in [4.78, 5) is 54.9. The van der Waals surface area contributed by atoms with Crippen LogP contribution in [0.1, 0.15) is 35.7 Å². The molecule has 3 N–H and O–H groups in total. The van der Waals surface area contributed by atoms with Crippen LogP contribution in [-0.2, 0) is 6.54 Å². The first-order valence-electron chi connectivity index (χ1n) is 11.3. The highest BCUT2D eigenvalue weighted by atomic mass is 16.3. The molecule has 2 aromatic heterocycles. The van der Waals surface area contributed by atoms with Gasteiger partial charge in [0.1, 0.15) is 11.6 Å². The van der Waals surface area contributed by atoms with Crippen LogP contribution in [0.4, 0.5) is 11.5 Å². The number of fused-ring (bicyclic) bond motifs is 1. The third kappa shape index (κ3) is 4.16. The van der Waals surface area contributed by atoms with Gasteiger partial charge in [-0.05, 0) is 25.5 Å². The number of unbranched alkanes of at least 4 members (excludes halogenated alkanes) is 1. The largest absolute Gasteiger partial charge is 0.455 e. The van der Waals surface area contributed by atoms with Crippen molar-refractivity contribution < 1.29 is 9.21 Å². The predicted molar refractivity (Wildman–Crippen MR) is 136 cm³/mol. The Morgan fingerprint density at radius 2 is 1.80 bits per heavy atom.